The Morgan fingerprint density at radius 3 is 3.00 bits per heavy atom. The maximum atomic E-state index is 11.2. The average molecular weight is 188 g/mol. The molecule has 0 spiro atoms. The van der Waals surface area contributed by atoms with Gasteiger partial charge in [0.15, 0.2) is 0 Å². The van der Waals surface area contributed by atoms with E-state index in [1.165, 1.54) is 0 Å². The number of aliphatic hydroxyl groups is 1. The standard InChI is InChI=1S/C8H16N2O3/c1-7-6-9-8(12)10(7)2-4-13-5-3-11/h7,11H,2-6H2,1H3,(H,9,12). The number of hydrogen-bond acceptors (Lipinski definition) is 3. The topological polar surface area (TPSA) is 61.8 Å². The molecule has 13 heavy (non-hydrogen) atoms. The predicted molar refractivity (Wildman–Crippen MR) is 47.5 cm³/mol. The molecule has 1 saturated heterocycles. The molecule has 1 unspecified atom stereocenters. The summed E-state index contributed by atoms with van der Waals surface area (Å²) in [6.07, 6.45) is 0. The molecule has 1 aliphatic heterocycles. The number of nitrogens with zero attached hydrogens (tertiary/aromatic N) is 1. The van der Waals surface area contributed by atoms with Crippen molar-refractivity contribution >= 4 is 6.03 Å². The Bertz CT molecular complexity index is 175. The molecule has 0 aromatic rings. The molecule has 0 aliphatic carbocycles. The number of aliphatic hydroxyl groups excluding tert-OH is 1. The second-order valence-electron chi connectivity index (χ2n) is 3.06. The number of amides is 2. The lowest BCUT2D eigenvalue weighted by Gasteiger charge is -2.19. The number of carbonyl (C=O) groups is 1. The van der Waals surface area contributed by atoms with Crippen molar-refractivity contribution in [3.63, 3.8) is 0 Å². The Morgan fingerprint density at radius 1 is 1.69 bits per heavy atom. The molecule has 1 atom stereocenters. The lowest BCUT2D eigenvalue weighted by atomic mass is 10.3. The molecular weight excluding hydrogens is 172 g/mol. The van der Waals surface area contributed by atoms with E-state index in [0.717, 1.165) is 0 Å². The molecule has 0 aromatic heterocycles. The Kier molecular flexibility index (Phi) is 3.98. The molecule has 0 saturated carbocycles. The largest absolute Gasteiger partial charge is 0.394 e. The first-order chi connectivity index (χ1) is 6.25. The zero-order valence-corrected chi connectivity index (χ0v) is 7.82. The first-order valence-corrected chi connectivity index (χ1v) is 4.48. The van der Waals surface area contributed by atoms with Crippen molar-refractivity contribution in [2.45, 2.75) is 13.0 Å². The molecule has 2 amide bonds. The van der Waals surface area contributed by atoms with E-state index in [-0.39, 0.29) is 18.7 Å². The van der Waals surface area contributed by atoms with Gasteiger partial charge in [-0.25, -0.2) is 4.79 Å². The van der Waals surface area contributed by atoms with E-state index in [1.807, 2.05) is 6.92 Å². The van der Waals surface area contributed by atoms with E-state index in [4.69, 9.17) is 9.84 Å². The van der Waals surface area contributed by atoms with Crippen LogP contribution in [0.25, 0.3) is 0 Å². The van der Waals surface area contributed by atoms with E-state index < -0.39 is 0 Å². The summed E-state index contributed by atoms with van der Waals surface area (Å²) in [5, 5.41) is 11.2. The number of carbonyl (C=O) groups excluding carboxylic acids is 1. The first kappa shape index (κ1) is 10.3. The summed E-state index contributed by atoms with van der Waals surface area (Å²) in [5.74, 6) is 0. The van der Waals surface area contributed by atoms with Crippen LogP contribution >= 0.6 is 0 Å². The highest BCUT2D eigenvalue weighted by molar-refractivity contribution is 5.76. The van der Waals surface area contributed by atoms with Crippen LogP contribution in [-0.2, 0) is 4.74 Å². The van der Waals surface area contributed by atoms with Crippen molar-refractivity contribution in [2.24, 2.45) is 0 Å². The number of rotatable bonds is 5. The van der Waals surface area contributed by atoms with Gasteiger partial charge in [0.2, 0.25) is 0 Å². The lowest BCUT2D eigenvalue weighted by molar-refractivity contribution is 0.0779. The minimum Gasteiger partial charge on any atom is -0.394 e. The average Bonchev–Trinajstić information content (AvgIpc) is 2.42. The van der Waals surface area contributed by atoms with Crippen LogP contribution in [0.2, 0.25) is 0 Å². The van der Waals surface area contributed by atoms with Crippen LogP contribution < -0.4 is 5.32 Å². The number of nitrogens with one attached hydrogen (secondary N) is 1. The third-order valence-corrected chi connectivity index (χ3v) is 2.05. The molecular formula is C8H16N2O3. The summed E-state index contributed by atoms with van der Waals surface area (Å²) in [6.45, 7) is 4.14. The lowest BCUT2D eigenvalue weighted by Crippen LogP contribution is -2.35. The fraction of sp³-hybridized carbons (Fsp3) is 0.875. The number of ether oxygens (including phenoxy) is 1. The van der Waals surface area contributed by atoms with Crippen LogP contribution in [0.15, 0.2) is 0 Å². The van der Waals surface area contributed by atoms with Crippen LogP contribution in [0.4, 0.5) is 4.79 Å². The summed E-state index contributed by atoms with van der Waals surface area (Å²) in [5.41, 5.74) is 0. The van der Waals surface area contributed by atoms with Gasteiger partial charge in [-0.2, -0.15) is 0 Å². The van der Waals surface area contributed by atoms with Gasteiger partial charge < -0.3 is 20.1 Å². The van der Waals surface area contributed by atoms with Crippen molar-refractivity contribution in [3.8, 4) is 0 Å². The third-order valence-electron chi connectivity index (χ3n) is 2.05. The van der Waals surface area contributed by atoms with Gasteiger partial charge in [0.05, 0.1) is 19.8 Å². The quantitative estimate of drug-likeness (QED) is 0.567. The van der Waals surface area contributed by atoms with E-state index in [0.29, 0.717) is 26.3 Å². The normalized spacial score (nSPS) is 22.2. The second kappa shape index (κ2) is 5.04. The summed E-state index contributed by atoms with van der Waals surface area (Å²) in [6, 6.07) is 0.213. The van der Waals surface area contributed by atoms with E-state index in [1.54, 1.807) is 4.90 Å². The van der Waals surface area contributed by atoms with Gasteiger partial charge in [-0.05, 0) is 6.92 Å². The van der Waals surface area contributed by atoms with Gasteiger partial charge in [0.25, 0.3) is 0 Å². The van der Waals surface area contributed by atoms with Gasteiger partial charge in [-0.15, -0.1) is 0 Å². The highest BCUT2D eigenvalue weighted by Gasteiger charge is 2.25. The smallest absolute Gasteiger partial charge is 0.317 e. The molecule has 2 N–H and O–H groups in total. The second-order valence-corrected chi connectivity index (χ2v) is 3.06. The predicted octanol–water partition coefficient (Wildman–Crippen LogP) is -0.591. The maximum Gasteiger partial charge on any atom is 0.317 e. The Hall–Kier alpha value is -0.810. The highest BCUT2D eigenvalue weighted by Crippen LogP contribution is 2.04. The zero-order chi connectivity index (χ0) is 9.68. The third kappa shape index (κ3) is 2.86. The van der Waals surface area contributed by atoms with Gasteiger partial charge in [0.1, 0.15) is 0 Å². The van der Waals surface area contributed by atoms with E-state index in [9.17, 15) is 4.79 Å². The van der Waals surface area contributed by atoms with Crippen molar-refractivity contribution in [3.05, 3.63) is 0 Å². The molecule has 1 fully saturated rings. The Labute approximate surface area is 77.7 Å². The summed E-state index contributed by atoms with van der Waals surface area (Å²) in [7, 11) is 0. The SMILES string of the molecule is CC1CNC(=O)N1CCOCCO. The highest BCUT2D eigenvalue weighted by atomic mass is 16.5. The fourth-order valence-electron chi connectivity index (χ4n) is 1.30. The van der Waals surface area contributed by atoms with Crippen molar-refractivity contribution in [1.29, 1.82) is 0 Å². The molecule has 1 aliphatic rings. The van der Waals surface area contributed by atoms with E-state index in [2.05, 4.69) is 5.32 Å². The summed E-state index contributed by atoms with van der Waals surface area (Å²) < 4.78 is 5.07. The molecule has 0 radical (unpaired) electrons. The fourth-order valence-corrected chi connectivity index (χ4v) is 1.30. The molecule has 5 heteroatoms. The number of hydrogen-bond donors (Lipinski definition) is 2. The van der Waals surface area contributed by atoms with Crippen LogP contribution in [0, 0.1) is 0 Å². The minimum absolute atomic E-state index is 0.0277. The Morgan fingerprint density at radius 2 is 2.46 bits per heavy atom. The molecule has 0 bridgehead atoms. The monoisotopic (exact) mass is 188 g/mol. The molecule has 0 aromatic carbocycles. The molecule has 5 nitrogen and oxygen atoms in total. The zero-order valence-electron chi connectivity index (χ0n) is 7.82. The maximum absolute atomic E-state index is 11.2. The molecule has 1 heterocycles. The Balaban J connectivity index is 2.16. The van der Waals surface area contributed by atoms with Gasteiger partial charge in [-0.1, -0.05) is 0 Å². The van der Waals surface area contributed by atoms with Crippen LogP contribution in [0.5, 0.6) is 0 Å². The molecule has 1 rings (SSSR count). The van der Waals surface area contributed by atoms with Gasteiger partial charge in [0, 0.05) is 19.1 Å². The summed E-state index contributed by atoms with van der Waals surface area (Å²) in [4.78, 5) is 12.9. The van der Waals surface area contributed by atoms with Crippen molar-refractivity contribution < 1.29 is 14.6 Å². The van der Waals surface area contributed by atoms with Gasteiger partial charge in [-0.3, -0.25) is 0 Å². The number of urea groups is 1. The van der Waals surface area contributed by atoms with Gasteiger partial charge >= 0.3 is 6.03 Å². The molecule has 76 valence electrons. The summed E-state index contributed by atoms with van der Waals surface area (Å²) >= 11 is 0. The van der Waals surface area contributed by atoms with E-state index >= 15 is 0 Å². The van der Waals surface area contributed by atoms with Crippen LogP contribution in [0.1, 0.15) is 6.92 Å². The van der Waals surface area contributed by atoms with Crippen molar-refractivity contribution in [1.82, 2.24) is 10.2 Å². The van der Waals surface area contributed by atoms with Crippen LogP contribution in [0.3, 0.4) is 0 Å². The minimum atomic E-state index is -0.0277. The first-order valence-electron chi connectivity index (χ1n) is 4.48. The van der Waals surface area contributed by atoms with Crippen molar-refractivity contribution in [2.75, 3.05) is 32.9 Å². The van der Waals surface area contributed by atoms with Crippen LogP contribution in [-0.4, -0.2) is 55.0 Å².